The van der Waals surface area contributed by atoms with E-state index >= 15 is 0 Å². The molecule has 1 nitrogen and oxygen atoms in total. The van der Waals surface area contributed by atoms with Crippen LogP contribution in [0.1, 0.15) is 40.0 Å². The van der Waals surface area contributed by atoms with E-state index in [0.29, 0.717) is 0 Å². The maximum Gasteiger partial charge on any atom is 0.00641 e. The molecule has 1 rings (SSSR count). The predicted molar refractivity (Wildman–Crippen MR) is 63.4 cm³/mol. The molecule has 0 aromatic rings. The Hall–Kier alpha value is -0.300. The fourth-order valence-electron chi connectivity index (χ4n) is 2.49. The van der Waals surface area contributed by atoms with Crippen molar-refractivity contribution < 1.29 is 0 Å². The van der Waals surface area contributed by atoms with Gasteiger partial charge in [-0.05, 0) is 58.5 Å². The molecule has 0 aromatic carbocycles. The van der Waals surface area contributed by atoms with Crippen LogP contribution in [0, 0.1) is 11.8 Å². The molecule has 0 spiro atoms. The van der Waals surface area contributed by atoms with E-state index in [1.54, 1.807) is 0 Å². The number of nitrogens with zero attached hydrogens (tertiary/aromatic N) is 1. The van der Waals surface area contributed by atoms with Gasteiger partial charge in [0.05, 0.1) is 0 Å². The average molecular weight is 195 g/mol. The lowest BCUT2D eigenvalue weighted by Crippen LogP contribution is -2.34. The van der Waals surface area contributed by atoms with E-state index in [1.165, 1.54) is 31.4 Å². The summed E-state index contributed by atoms with van der Waals surface area (Å²) in [5.74, 6) is 1.56. The predicted octanol–water partition coefficient (Wildman–Crippen LogP) is 3.32. The largest absolute Gasteiger partial charge is 0.304 e. The molecule has 14 heavy (non-hydrogen) atoms. The van der Waals surface area contributed by atoms with Crippen LogP contribution in [0.15, 0.2) is 12.2 Å². The Labute approximate surface area is 89.2 Å². The van der Waals surface area contributed by atoms with Crippen LogP contribution in [0.25, 0.3) is 0 Å². The summed E-state index contributed by atoms with van der Waals surface area (Å²) >= 11 is 0. The van der Waals surface area contributed by atoms with Crippen LogP contribution < -0.4 is 0 Å². The zero-order valence-electron chi connectivity index (χ0n) is 10.2. The zero-order valence-corrected chi connectivity index (χ0v) is 10.2. The smallest absolute Gasteiger partial charge is 0.00641 e. The SMILES string of the molecule is C=C(C)C1CCC(C)N(C)CCC1C. The third-order valence-corrected chi connectivity index (χ3v) is 3.90. The highest BCUT2D eigenvalue weighted by atomic mass is 15.1. The minimum atomic E-state index is 0.740. The van der Waals surface area contributed by atoms with Gasteiger partial charge in [-0.1, -0.05) is 19.1 Å². The molecule has 82 valence electrons. The second-order valence-corrected chi connectivity index (χ2v) is 5.13. The third-order valence-electron chi connectivity index (χ3n) is 3.90. The minimum absolute atomic E-state index is 0.740. The normalized spacial score (nSPS) is 36.1. The monoisotopic (exact) mass is 195 g/mol. The van der Waals surface area contributed by atoms with Crippen molar-refractivity contribution in [1.29, 1.82) is 0 Å². The summed E-state index contributed by atoms with van der Waals surface area (Å²) in [6.07, 6.45) is 3.96. The standard InChI is InChI=1S/C13H25N/c1-10(2)13-7-6-12(4)14(5)9-8-11(13)3/h11-13H,1,6-9H2,2-5H3. The highest BCUT2D eigenvalue weighted by Gasteiger charge is 2.23. The van der Waals surface area contributed by atoms with E-state index in [2.05, 4.69) is 39.3 Å². The number of allylic oxidation sites excluding steroid dienone is 1. The highest BCUT2D eigenvalue weighted by Crippen LogP contribution is 2.30. The number of likely N-dealkylation sites (tertiary alicyclic amines) is 1. The molecule has 0 bridgehead atoms. The topological polar surface area (TPSA) is 3.24 Å². The maximum absolute atomic E-state index is 4.13. The van der Waals surface area contributed by atoms with Crippen LogP contribution >= 0.6 is 0 Å². The summed E-state index contributed by atoms with van der Waals surface area (Å²) in [5, 5.41) is 0. The van der Waals surface area contributed by atoms with Crippen LogP contribution in [-0.4, -0.2) is 24.5 Å². The Kier molecular flexibility index (Phi) is 4.18. The molecule has 0 saturated carbocycles. The molecular formula is C13H25N. The lowest BCUT2D eigenvalue weighted by atomic mass is 9.80. The van der Waals surface area contributed by atoms with E-state index in [4.69, 9.17) is 0 Å². The van der Waals surface area contributed by atoms with E-state index in [-0.39, 0.29) is 0 Å². The summed E-state index contributed by atoms with van der Waals surface area (Å²) in [6.45, 7) is 12.3. The van der Waals surface area contributed by atoms with Gasteiger partial charge in [0.2, 0.25) is 0 Å². The number of hydrogen-bond acceptors (Lipinski definition) is 1. The van der Waals surface area contributed by atoms with E-state index < -0.39 is 0 Å². The molecule has 1 fully saturated rings. The second-order valence-electron chi connectivity index (χ2n) is 5.13. The van der Waals surface area contributed by atoms with Crippen LogP contribution in [0.4, 0.5) is 0 Å². The molecule has 0 radical (unpaired) electrons. The molecule has 0 aliphatic carbocycles. The van der Waals surface area contributed by atoms with Gasteiger partial charge in [0.25, 0.3) is 0 Å². The Morgan fingerprint density at radius 2 is 1.86 bits per heavy atom. The Balaban J connectivity index is 2.60. The molecule has 1 heteroatoms. The molecule has 1 heterocycles. The molecule has 0 amide bonds. The third kappa shape index (κ3) is 2.84. The molecule has 1 saturated heterocycles. The van der Waals surface area contributed by atoms with Crippen molar-refractivity contribution in [2.75, 3.05) is 13.6 Å². The Morgan fingerprint density at radius 3 is 2.43 bits per heavy atom. The zero-order chi connectivity index (χ0) is 10.7. The van der Waals surface area contributed by atoms with Gasteiger partial charge in [-0.2, -0.15) is 0 Å². The average Bonchev–Trinajstić information content (AvgIpc) is 2.11. The highest BCUT2D eigenvalue weighted by molar-refractivity contribution is 4.99. The first-order valence-corrected chi connectivity index (χ1v) is 5.88. The van der Waals surface area contributed by atoms with Gasteiger partial charge < -0.3 is 4.90 Å². The van der Waals surface area contributed by atoms with Crippen molar-refractivity contribution in [2.45, 2.75) is 46.1 Å². The molecule has 3 atom stereocenters. The van der Waals surface area contributed by atoms with Crippen LogP contribution in [-0.2, 0) is 0 Å². The van der Waals surface area contributed by atoms with Gasteiger partial charge in [0, 0.05) is 6.04 Å². The Bertz CT molecular complexity index is 197. The molecule has 3 unspecified atom stereocenters. The molecule has 0 aromatic heterocycles. The van der Waals surface area contributed by atoms with E-state index in [9.17, 15) is 0 Å². The molecule has 1 aliphatic heterocycles. The lowest BCUT2D eigenvalue weighted by molar-refractivity contribution is 0.178. The summed E-state index contributed by atoms with van der Waals surface area (Å²) in [4.78, 5) is 2.49. The first-order valence-electron chi connectivity index (χ1n) is 5.88. The minimum Gasteiger partial charge on any atom is -0.304 e. The summed E-state index contributed by atoms with van der Waals surface area (Å²) in [6, 6.07) is 0.740. The van der Waals surface area contributed by atoms with E-state index in [0.717, 1.165) is 17.9 Å². The van der Waals surface area contributed by atoms with Crippen molar-refractivity contribution in [3.63, 3.8) is 0 Å². The van der Waals surface area contributed by atoms with Gasteiger partial charge >= 0.3 is 0 Å². The molecule has 1 aliphatic rings. The fourth-order valence-corrected chi connectivity index (χ4v) is 2.49. The Morgan fingerprint density at radius 1 is 1.21 bits per heavy atom. The molecule has 0 N–H and O–H groups in total. The van der Waals surface area contributed by atoms with Crippen LogP contribution in [0.5, 0.6) is 0 Å². The summed E-state index contributed by atoms with van der Waals surface area (Å²) < 4.78 is 0. The van der Waals surface area contributed by atoms with Gasteiger partial charge in [0.15, 0.2) is 0 Å². The van der Waals surface area contributed by atoms with Crippen molar-refractivity contribution in [3.8, 4) is 0 Å². The molecular weight excluding hydrogens is 170 g/mol. The fraction of sp³-hybridized carbons (Fsp3) is 0.846. The quantitative estimate of drug-likeness (QED) is 0.580. The van der Waals surface area contributed by atoms with Crippen molar-refractivity contribution in [3.05, 3.63) is 12.2 Å². The number of hydrogen-bond donors (Lipinski definition) is 0. The van der Waals surface area contributed by atoms with Crippen LogP contribution in [0.2, 0.25) is 0 Å². The van der Waals surface area contributed by atoms with Crippen molar-refractivity contribution in [1.82, 2.24) is 4.90 Å². The van der Waals surface area contributed by atoms with Gasteiger partial charge in [-0.15, -0.1) is 0 Å². The second kappa shape index (κ2) is 4.97. The van der Waals surface area contributed by atoms with Gasteiger partial charge in [-0.3, -0.25) is 0 Å². The first kappa shape index (κ1) is 11.8. The van der Waals surface area contributed by atoms with Crippen molar-refractivity contribution in [2.24, 2.45) is 11.8 Å². The lowest BCUT2D eigenvalue weighted by Gasteiger charge is -2.34. The first-order chi connectivity index (χ1) is 6.52. The van der Waals surface area contributed by atoms with Gasteiger partial charge in [0.1, 0.15) is 0 Å². The van der Waals surface area contributed by atoms with Crippen LogP contribution in [0.3, 0.4) is 0 Å². The van der Waals surface area contributed by atoms with E-state index in [1.807, 2.05) is 0 Å². The summed E-state index contributed by atoms with van der Waals surface area (Å²) in [7, 11) is 2.25. The van der Waals surface area contributed by atoms with Gasteiger partial charge in [-0.25, -0.2) is 0 Å². The maximum atomic E-state index is 4.13. The number of rotatable bonds is 1. The summed E-state index contributed by atoms with van der Waals surface area (Å²) in [5.41, 5.74) is 1.38. The van der Waals surface area contributed by atoms with Crippen molar-refractivity contribution >= 4 is 0 Å².